The van der Waals surface area contributed by atoms with Gasteiger partial charge < -0.3 is 1.43 Å². The molecule has 0 spiro atoms. The standard InChI is InChI=1S/C18H16O3S.Li.H/c1-13(2)12-21-22(19,20)18-9-5-8-16-10-14-6-3-4-7-15(14)11-17(16)18;;/h3-11H,1,12H2,2H3;;/q;+1;-1. The molecule has 5 heteroatoms. The molecule has 3 aromatic rings. The van der Waals surface area contributed by atoms with Gasteiger partial charge in [0, 0.05) is 5.39 Å². The fourth-order valence-corrected chi connectivity index (χ4v) is 3.57. The van der Waals surface area contributed by atoms with Crippen LogP contribution in [0.25, 0.3) is 21.5 Å². The van der Waals surface area contributed by atoms with Gasteiger partial charge in [-0.25, -0.2) is 0 Å². The van der Waals surface area contributed by atoms with E-state index in [2.05, 4.69) is 6.58 Å². The molecule has 0 radical (unpaired) electrons. The van der Waals surface area contributed by atoms with E-state index in [0.717, 1.165) is 16.2 Å². The predicted molar refractivity (Wildman–Crippen MR) is 90.5 cm³/mol. The zero-order valence-electron chi connectivity index (χ0n) is 14.2. The van der Waals surface area contributed by atoms with E-state index in [9.17, 15) is 8.42 Å². The van der Waals surface area contributed by atoms with Gasteiger partial charge in [-0.3, -0.25) is 4.18 Å². The van der Waals surface area contributed by atoms with Crippen LogP contribution in [-0.4, -0.2) is 15.0 Å². The third-order valence-corrected chi connectivity index (χ3v) is 4.76. The molecule has 0 atom stereocenters. The van der Waals surface area contributed by atoms with Crippen LogP contribution >= 0.6 is 0 Å². The Morgan fingerprint density at radius 1 is 1.04 bits per heavy atom. The van der Waals surface area contributed by atoms with Crippen LogP contribution in [0, 0.1) is 0 Å². The van der Waals surface area contributed by atoms with Crippen LogP contribution < -0.4 is 18.9 Å². The van der Waals surface area contributed by atoms with Crippen molar-refractivity contribution >= 4 is 31.7 Å². The molecule has 0 unspecified atom stereocenters. The summed E-state index contributed by atoms with van der Waals surface area (Å²) in [6, 6.07) is 17.0. The van der Waals surface area contributed by atoms with Crippen LogP contribution in [0.1, 0.15) is 8.35 Å². The average Bonchev–Trinajstić information content (AvgIpc) is 2.50. The van der Waals surface area contributed by atoms with Gasteiger partial charge in [0.1, 0.15) is 4.90 Å². The van der Waals surface area contributed by atoms with E-state index in [-0.39, 0.29) is 31.8 Å². The average molecular weight is 320 g/mol. The topological polar surface area (TPSA) is 43.4 Å². The molecular formula is C18H17LiO3S. The maximum absolute atomic E-state index is 12.4. The van der Waals surface area contributed by atoms with Crippen molar-refractivity contribution in [1.29, 1.82) is 0 Å². The third-order valence-electron chi connectivity index (χ3n) is 3.44. The fraction of sp³-hybridized carbons (Fsp3) is 0.111. The Bertz CT molecular complexity index is 984. The van der Waals surface area contributed by atoms with E-state index in [1.807, 2.05) is 42.5 Å². The molecule has 0 fully saturated rings. The molecular weight excluding hydrogens is 303 g/mol. The molecule has 0 aliphatic rings. The molecule has 0 bridgehead atoms. The van der Waals surface area contributed by atoms with Gasteiger partial charge in [-0.15, -0.1) is 0 Å². The molecule has 0 aliphatic carbocycles. The normalized spacial score (nSPS) is 11.3. The molecule has 0 N–H and O–H groups in total. The first kappa shape index (κ1) is 17.8. The van der Waals surface area contributed by atoms with E-state index < -0.39 is 10.1 Å². The van der Waals surface area contributed by atoms with Gasteiger partial charge in [-0.2, -0.15) is 8.42 Å². The summed E-state index contributed by atoms with van der Waals surface area (Å²) in [6.45, 7) is 5.39. The van der Waals surface area contributed by atoms with Crippen LogP contribution in [0.3, 0.4) is 0 Å². The summed E-state index contributed by atoms with van der Waals surface area (Å²) in [4.78, 5) is 0.192. The molecule has 114 valence electrons. The fourth-order valence-electron chi connectivity index (χ4n) is 2.40. The molecule has 3 rings (SSSR count). The Kier molecular flexibility index (Phi) is 5.33. The van der Waals surface area contributed by atoms with Gasteiger partial charge in [-0.05, 0) is 41.3 Å². The van der Waals surface area contributed by atoms with Gasteiger partial charge in [0.25, 0.3) is 10.1 Å². The molecule has 3 nitrogen and oxygen atoms in total. The summed E-state index contributed by atoms with van der Waals surface area (Å²) in [7, 11) is -3.81. The summed E-state index contributed by atoms with van der Waals surface area (Å²) >= 11 is 0. The van der Waals surface area contributed by atoms with Crippen molar-refractivity contribution in [2.24, 2.45) is 0 Å². The van der Waals surface area contributed by atoms with Crippen molar-refractivity contribution < 1.29 is 32.9 Å². The summed E-state index contributed by atoms with van der Waals surface area (Å²) in [6.07, 6.45) is 0. The van der Waals surface area contributed by atoms with Crippen molar-refractivity contribution in [2.75, 3.05) is 6.61 Å². The van der Waals surface area contributed by atoms with Crippen molar-refractivity contribution in [3.05, 3.63) is 66.7 Å². The Labute approximate surface area is 149 Å². The third kappa shape index (κ3) is 3.68. The van der Waals surface area contributed by atoms with E-state index in [1.165, 1.54) is 0 Å². The van der Waals surface area contributed by atoms with E-state index in [4.69, 9.17) is 4.18 Å². The van der Waals surface area contributed by atoms with E-state index in [1.54, 1.807) is 19.1 Å². The predicted octanol–water partition coefficient (Wildman–Crippen LogP) is 1.39. The van der Waals surface area contributed by atoms with Gasteiger partial charge in [0.2, 0.25) is 0 Å². The minimum atomic E-state index is -3.81. The SMILES string of the molecule is C=C(C)COS(=O)(=O)c1cccc2cc3ccccc3cc12.[H-].[Li+]. The Balaban J connectivity index is 0.00000144. The number of benzene rings is 3. The van der Waals surface area contributed by atoms with E-state index >= 15 is 0 Å². The zero-order valence-corrected chi connectivity index (χ0v) is 14.1. The first-order valence-electron chi connectivity index (χ1n) is 6.93. The zero-order chi connectivity index (χ0) is 15.7. The van der Waals surface area contributed by atoms with Gasteiger partial charge in [-0.1, -0.05) is 48.6 Å². The Morgan fingerprint density at radius 2 is 1.65 bits per heavy atom. The van der Waals surface area contributed by atoms with Crippen LogP contribution in [0.4, 0.5) is 0 Å². The van der Waals surface area contributed by atoms with Crippen LogP contribution in [0.5, 0.6) is 0 Å². The number of fused-ring (bicyclic) bond motifs is 2. The van der Waals surface area contributed by atoms with Crippen molar-refractivity contribution in [2.45, 2.75) is 11.8 Å². The Hall–Kier alpha value is -1.57. The summed E-state index contributed by atoms with van der Waals surface area (Å²) in [5.74, 6) is 0. The molecule has 0 aromatic heterocycles. The van der Waals surface area contributed by atoms with Crippen molar-refractivity contribution in [3.8, 4) is 0 Å². The Morgan fingerprint density at radius 3 is 2.30 bits per heavy atom. The second-order valence-corrected chi connectivity index (χ2v) is 6.93. The van der Waals surface area contributed by atoms with Crippen LogP contribution in [-0.2, 0) is 14.3 Å². The molecule has 3 aromatic carbocycles. The van der Waals surface area contributed by atoms with Crippen LogP contribution in [0.15, 0.2) is 71.6 Å². The first-order chi connectivity index (χ1) is 10.5. The molecule has 0 saturated heterocycles. The molecule has 0 amide bonds. The smallest absolute Gasteiger partial charge is 1.00 e. The van der Waals surface area contributed by atoms with E-state index in [0.29, 0.717) is 11.0 Å². The number of hydrogen-bond donors (Lipinski definition) is 0. The molecule has 0 aliphatic heterocycles. The quantitative estimate of drug-likeness (QED) is 0.316. The van der Waals surface area contributed by atoms with Gasteiger partial charge in [0.15, 0.2) is 0 Å². The second kappa shape index (κ2) is 6.90. The molecule has 23 heavy (non-hydrogen) atoms. The summed E-state index contributed by atoms with van der Waals surface area (Å²) in [5.41, 5.74) is 0.661. The minimum absolute atomic E-state index is 0. The first-order valence-corrected chi connectivity index (χ1v) is 8.33. The number of hydrogen-bond acceptors (Lipinski definition) is 3. The second-order valence-electron chi connectivity index (χ2n) is 5.35. The molecule has 0 saturated carbocycles. The maximum Gasteiger partial charge on any atom is 1.00 e. The molecule has 0 heterocycles. The minimum Gasteiger partial charge on any atom is -1.00 e. The maximum atomic E-state index is 12.4. The number of rotatable bonds is 4. The summed E-state index contributed by atoms with van der Waals surface area (Å²) in [5, 5.41) is 3.62. The van der Waals surface area contributed by atoms with Gasteiger partial charge >= 0.3 is 18.9 Å². The van der Waals surface area contributed by atoms with Gasteiger partial charge in [0.05, 0.1) is 6.61 Å². The monoisotopic (exact) mass is 320 g/mol. The summed E-state index contributed by atoms with van der Waals surface area (Å²) < 4.78 is 29.9. The van der Waals surface area contributed by atoms with Crippen molar-refractivity contribution in [1.82, 2.24) is 0 Å². The van der Waals surface area contributed by atoms with Crippen LogP contribution in [0.2, 0.25) is 0 Å². The van der Waals surface area contributed by atoms with Crippen molar-refractivity contribution in [3.63, 3.8) is 0 Å². The largest absolute Gasteiger partial charge is 1.00 e.